The molecular formula is C24H29NO2S2. The summed E-state index contributed by atoms with van der Waals surface area (Å²) in [6.07, 6.45) is 10.0. The van der Waals surface area contributed by atoms with Crippen LogP contribution in [0.1, 0.15) is 77.9 Å². The highest BCUT2D eigenvalue weighted by atomic mass is 32.1. The largest absolute Gasteiger partial charge is 0.478 e. The Morgan fingerprint density at radius 1 is 1.28 bits per heavy atom. The number of rotatable bonds is 5. The predicted octanol–water partition coefficient (Wildman–Crippen LogP) is 6.52. The maximum atomic E-state index is 12.3. The van der Waals surface area contributed by atoms with E-state index >= 15 is 0 Å². The van der Waals surface area contributed by atoms with E-state index in [1.165, 1.54) is 28.9 Å². The van der Waals surface area contributed by atoms with Crippen molar-refractivity contribution in [2.45, 2.75) is 65.3 Å². The minimum atomic E-state index is -0.806. The van der Waals surface area contributed by atoms with Gasteiger partial charge in [0.05, 0.1) is 5.56 Å². The summed E-state index contributed by atoms with van der Waals surface area (Å²) in [4.78, 5) is 14.4. The molecule has 29 heavy (non-hydrogen) atoms. The molecule has 1 aromatic heterocycles. The molecule has 0 radical (unpaired) electrons. The molecule has 4 rings (SSSR count). The third kappa shape index (κ3) is 4.18. The number of carboxylic acids is 1. The number of carbonyl (C=O) groups is 1. The second kappa shape index (κ2) is 8.29. The average Bonchev–Trinajstić information content (AvgIpc) is 3.06. The number of aromatic carboxylic acids is 1. The van der Waals surface area contributed by atoms with Crippen molar-refractivity contribution >= 4 is 35.7 Å². The number of thiophene rings is 1. The van der Waals surface area contributed by atoms with Crippen molar-refractivity contribution in [3.05, 3.63) is 51.4 Å². The van der Waals surface area contributed by atoms with Crippen LogP contribution in [-0.4, -0.2) is 11.1 Å². The molecule has 2 aliphatic rings. The van der Waals surface area contributed by atoms with Crippen molar-refractivity contribution in [1.82, 2.24) is 4.72 Å². The monoisotopic (exact) mass is 427 g/mol. The van der Waals surface area contributed by atoms with Gasteiger partial charge in [-0.15, -0.1) is 11.3 Å². The third-order valence-electron chi connectivity index (χ3n) is 6.27. The van der Waals surface area contributed by atoms with Crippen LogP contribution in [0.2, 0.25) is 0 Å². The van der Waals surface area contributed by atoms with Crippen LogP contribution in [0.25, 0.3) is 16.0 Å². The predicted molar refractivity (Wildman–Crippen MR) is 125 cm³/mol. The molecule has 1 aromatic carbocycles. The first kappa shape index (κ1) is 20.7. The third-order valence-corrected chi connectivity index (χ3v) is 7.75. The first-order valence-corrected chi connectivity index (χ1v) is 11.7. The summed E-state index contributed by atoms with van der Waals surface area (Å²) in [6, 6.07) is 6.52. The number of aryl methyl sites for hydroxylation is 1. The van der Waals surface area contributed by atoms with Gasteiger partial charge < -0.3 is 5.11 Å². The van der Waals surface area contributed by atoms with Crippen molar-refractivity contribution in [3.8, 4) is 10.4 Å². The summed E-state index contributed by atoms with van der Waals surface area (Å²) in [5.74, 6) is -0.806. The van der Waals surface area contributed by atoms with Crippen LogP contribution in [0, 0.1) is 5.41 Å². The zero-order chi connectivity index (χ0) is 20.6. The number of fused-ring (bicyclic) bond motifs is 1. The standard InChI is InChI=1S/C24H29NO2S2/c1-24(2)11-10-20-19(13-24)21(23(26)27)22(29-20)18-9-8-16(12-17(18)14-25-28)15-6-4-3-5-7-15/h6,8-9,12,25,28H,3-5,7,10-11,13-14H2,1-2H3,(H,26,27). The number of thiol groups is 1. The van der Waals surface area contributed by atoms with Gasteiger partial charge in [-0.2, -0.15) is 0 Å². The SMILES string of the molecule is CC1(C)CCc2sc(-c3ccc(C4=CCCCC4)cc3CNS)c(C(=O)O)c2C1. The minimum Gasteiger partial charge on any atom is -0.478 e. The Bertz CT molecular complexity index is 972. The van der Waals surface area contributed by atoms with Crippen molar-refractivity contribution in [1.29, 1.82) is 0 Å². The number of hydrogen-bond donors (Lipinski definition) is 3. The molecule has 0 spiro atoms. The van der Waals surface area contributed by atoms with Gasteiger partial charge in [-0.05, 0) is 84.3 Å². The van der Waals surface area contributed by atoms with Crippen molar-refractivity contribution in [2.75, 3.05) is 0 Å². The lowest BCUT2D eigenvalue weighted by atomic mass is 9.76. The summed E-state index contributed by atoms with van der Waals surface area (Å²) >= 11 is 5.91. The van der Waals surface area contributed by atoms with Crippen molar-refractivity contribution in [3.63, 3.8) is 0 Å². The molecule has 0 aliphatic heterocycles. The molecule has 154 valence electrons. The van der Waals surface area contributed by atoms with Gasteiger partial charge in [-0.3, -0.25) is 4.72 Å². The Morgan fingerprint density at radius 2 is 2.10 bits per heavy atom. The Labute approximate surface area is 182 Å². The topological polar surface area (TPSA) is 49.3 Å². The van der Waals surface area contributed by atoms with E-state index in [0.29, 0.717) is 12.1 Å². The number of hydrogen-bond acceptors (Lipinski definition) is 4. The van der Waals surface area contributed by atoms with Crippen LogP contribution in [0.5, 0.6) is 0 Å². The number of nitrogens with one attached hydrogen (secondary N) is 1. The highest BCUT2D eigenvalue weighted by Crippen LogP contribution is 2.46. The normalized spacial score (nSPS) is 18.2. The van der Waals surface area contributed by atoms with Gasteiger partial charge in [0.15, 0.2) is 0 Å². The smallest absolute Gasteiger partial charge is 0.337 e. The summed E-state index contributed by atoms with van der Waals surface area (Å²) in [5.41, 5.74) is 6.54. The summed E-state index contributed by atoms with van der Waals surface area (Å²) in [5, 5.41) is 10.1. The van der Waals surface area contributed by atoms with E-state index in [1.54, 1.807) is 11.3 Å². The lowest BCUT2D eigenvalue weighted by Crippen LogP contribution is -2.22. The molecule has 0 amide bonds. The molecule has 2 aromatic rings. The molecule has 3 nitrogen and oxygen atoms in total. The van der Waals surface area contributed by atoms with E-state index in [1.807, 2.05) is 0 Å². The highest BCUT2D eigenvalue weighted by Gasteiger charge is 2.33. The van der Waals surface area contributed by atoms with E-state index < -0.39 is 5.97 Å². The molecule has 1 heterocycles. The van der Waals surface area contributed by atoms with Gasteiger partial charge in [0, 0.05) is 16.3 Å². The van der Waals surface area contributed by atoms with Crippen LogP contribution in [0.3, 0.4) is 0 Å². The fraction of sp³-hybridized carbons (Fsp3) is 0.458. The van der Waals surface area contributed by atoms with Crippen molar-refractivity contribution < 1.29 is 9.90 Å². The zero-order valence-corrected chi connectivity index (χ0v) is 18.9. The first-order chi connectivity index (χ1) is 13.9. The Kier molecular flexibility index (Phi) is 5.92. The van der Waals surface area contributed by atoms with Crippen LogP contribution >= 0.6 is 24.2 Å². The highest BCUT2D eigenvalue weighted by molar-refractivity contribution is 7.78. The number of allylic oxidation sites excluding steroid dienone is 2. The second-order valence-corrected chi connectivity index (χ2v) is 10.5. The van der Waals surface area contributed by atoms with Crippen LogP contribution in [0.4, 0.5) is 0 Å². The van der Waals surface area contributed by atoms with E-state index in [0.717, 1.165) is 53.7 Å². The lowest BCUT2D eigenvalue weighted by Gasteiger charge is -2.29. The molecule has 2 aliphatic carbocycles. The Hall–Kier alpha value is -1.56. The summed E-state index contributed by atoms with van der Waals surface area (Å²) < 4.78 is 2.98. The van der Waals surface area contributed by atoms with Gasteiger partial charge in [-0.25, -0.2) is 4.79 Å². The maximum Gasteiger partial charge on any atom is 0.337 e. The minimum absolute atomic E-state index is 0.155. The van der Waals surface area contributed by atoms with Crippen LogP contribution in [-0.2, 0) is 19.4 Å². The molecule has 0 fully saturated rings. The van der Waals surface area contributed by atoms with Crippen LogP contribution < -0.4 is 4.72 Å². The Morgan fingerprint density at radius 3 is 2.79 bits per heavy atom. The van der Waals surface area contributed by atoms with Gasteiger partial charge in [0.2, 0.25) is 0 Å². The second-order valence-electron chi connectivity index (χ2n) is 9.04. The lowest BCUT2D eigenvalue weighted by molar-refractivity contribution is 0.0696. The van der Waals surface area contributed by atoms with E-state index in [4.69, 9.17) is 0 Å². The van der Waals surface area contributed by atoms with E-state index in [9.17, 15) is 9.90 Å². The number of benzene rings is 1. The van der Waals surface area contributed by atoms with E-state index in [-0.39, 0.29) is 5.41 Å². The molecule has 0 unspecified atom stereocenters. The summed E-state index contributed by atoms with van der Waals surface area (Å²) in [7, 11) is 0. The van der Waals surface area contributed by atoms with Gasteiger partial charge in [0.25, 0.3) is 0 Å². The fourth-order valence-corrected chi connectivity index (χ4v) is 6.22. The first-order valence-electron chi connectivity index (χ1n) is 10.5. The molecule has 5 heteroatoms. The number of carboxylic acid groups (broad SMARTS) is 1. The molecule has 0 saturated carbocycles. The average molecular weight is 428 g/mol. The maximum absolute atomic E-state index is 12.3. The van der Waals surface area contributed by atoms with Crippen LogP contribution in [0.15, 0.2) is 24.3 Å². The van der Waals surface area contributed by atoms with Gasteiger partial charge in [0.1, 0.15) is 0 Å². The quantitative estimate of drug-likeness (QED) is 0.476. The molecule has 0 bridgehead atoms. The van der Waals surface area contributed by atoms with E-state index in [2.05, 4.69) is 55.7 Å². The fourth-order valence-electron chi connectivity index (χ4n) is 4.68. The Balaban J connectivity index is 1.83. The molecule has 0 atom stereocenters. The van der Waals surface area contributed by atoms with Gasteiger partial charge >= 0.3 is 5.97 Å². The summed E-state index contributed by atoms with van der Waals surface area (Å²) in [6.45, 7) is 5.08. The van der Waals surface area contributed by atoms with Crippen molar-refractivity contribution in [2.24, 2.45) is 5.41 Å². The molecular weight excluding hydrogens is 398 g/mol. The molecule has 0 saturated heterocycles. The molecule has 2 N–H and O–H groups in total. The van der Waals surface area contributed by atoms with Gasteiger partial charge in [-0.1, -0.05) is 44.9 Å². The zero-order valence-electron chi connectivity index (χ0n) is 17.2.